The highest BCUT2D eigenvalue weighted by Crippen LogP contribution is 2.41. The molecule has 0 bridgehead atoms. The van der Waals surface area contributed by atoms with Gasteiger partial charge in [-0.25, -0.2) is 0 Å². The van der Waals surface area contributed by atoms with Gasteiger partial charge in [-0.1, -0.05) is 0 Å². The Morgan fingerprint density at radius 1 is 0.810 bits per heavy atom. The van der Waals surface area contributed by atoms with Gasteiger partial charge in [0, 0.05) is 0 Å². The smallest absolute Gasteiger partial charge is 0.198 e. The SMILES string of the molecule is N#CCc1c(C(F)(F)F)cc(C(F)(F)F)c(C#N)c1C#N. The number of nitriles is 3. The number of nitrogens with zero attached hydrogens (tertiary/aromatic N) is 3. The zero-order valence-corrected chi connectivity index (χ0v) is 9.89. The molecule has 0 radical (unpaired) electrons. The highest BCUT2D eigenvalue weighted by Gasteiger charge is 2.42. The molecular weight excluding hydrogens is 300 g/mol. The molecule has 0 aliphatic heterocycles. The van der Waals surface area contributed by atoms with Crippen molar-refractivity contribution in [2.24, 2.45) is 0 Å². The molecule has 3 nitrogen and oxygen atoms in total. The molecule has 0 fully saturated rings. The van der Waals surface area contributed by atoms with Crippen LogP contribution in [0.3, 0.4) is 0 Å². The minimum absolute atomic E-state index is 0.244. The van der Waals surface area contributed by atoms with E-state index in [-0.39, 0.29) is 6.07 Å². The highest BCUT2D eigenvalue weighted by molar-refractivity contribution is 5.59. The Morgan fingerprint density at radius 2 is 1.29 bits per heavy atom. The van der Waals surface area contributed by atoms with Crippen LogP contribution in [0.5, 0.6) is 0 Å². The third-order valence-electron chi connectivity index (χ3n) is 2.53. The fraction of sp³-hybridized carbons (Fsp3) is 0.250. The van der Waals surface area contributed by atoms with Crippen molar-refractivity contribution < 1.29 is 26.3 Å². The van der Waals surface area contributed by atoms with Gasteiger partial charge < -0.3 is 0 Å². The lowest BCUT2D eigenvalue weighted by Crippen LogP contribution is -2.17. The molecule has 0 unspecified atom stereocenters. The molecule has 0 amide bonds. The Balaban J connectivity index is 3.97. The van der Waals surface area contributed by atoms with Crippen LogP contribution >= 0.6 is 0 Å². The number of rotatable bonds is 1. The number of halogens is 6. The molecule has 0 aliphatic carbocycles. The molecule has 0 heterocycles. The van der Waals surface area contributed by atoms with E-state index >= 15 is 0 Å². The van der Waals surface area contributed by atoms with Crippen molar-refractivity contribution in [1.82, 2.24) is 0 Å². The maximum absolute atomic E-state index is 12.8. The molecule has 0 spiro atoms. The van der Waals surface area contributed by atoms with Crippen LogP contribution < -0.4 is 0 Å². The second-order valence-corrected chi connectivity index (χ2v) is 3.75. The third kappa shape index (κ3) is 3.06. The summed E-state index contributed by atoms with van der Waals surface area (Å²) in [6, 6.07) is 3.33. The molecule has 9 heteroatoms. The van der Waals surface area contributed by atoms with Gasteiger partial charge in [-0.2, -0.15) is 42.1 Å². The van der Waals surface area contributed by atoms with E-state index in [0.29, 0.717) is 0 Å². The quantitative estimate of drug-likeness (QED) is 0.745. The van der Waals surface area contributed by atoms with Gasteiger partial charge in [0.1, 0.15) is 12.1 Å². The van der Waals surface area contributed by atoms with Crippen molar-refractivity contribution in [1.29, 1.82) is 15.8 Å². The summed E-state index contributed by atoms with van der Waals surface area (Å²) in [5, 5.41) is 26.0. The van der Waals surface area contributed by atoms with Gasteiger partial charge in [-0.3, -0.25) is 0 Å². The van der Waals surface area contributed by atoms with Crippen LogP contribution in [0.4, 0.5) is 26.3 Å². The molecule has 21 heavy (non-hydrogen) atoms. The molecular formula is C12H3F6N3. The van der Waals surface area contributed by atoms with E-state index in [1.807, 2.05) is 0 Å². The predicted molar refractivity (Wildman–Crippen MR) is 55.2 cm³/mol. The summed E-state index contributed by atoms with van der Waals surface area (Å²) in [6.45, 7) is 0. The Morgan fingerprint density at radius 3 is 1.62 bits per heavy atom. The average Bonchev–Trinajstić information content (AvgIpc) is 2.35. The normalized spacial score (nSPS) is 11.4. The standard InChI is InChI=1S/C12H3F6N3/c13-11(14,15)9-3-10(12(16,17)18)8(5-21)7(4-20)6(9)1-2-19/h3H,1H2. The second-order valence-electron chi connectivity index (χ2n) is 3.75. The van der Waals surface area contributed by atoms with Gasteiger partial charge in [-0.15, -0.1) is 0 Å². The first-order valence-corrected chi connectivity index (χ1v) is 5.09. The van der Waals surface area contributed by atoms with E-state index in [1.54, 1.807) is 0 Å². The van der Waals surface area contributed by atoms with Crippen molar-refractivity contribution in [3.63, 3.8) is 0 Å². The van der Waals surface area contributed by atoms with Crippen molar-refractivity contribution in [2.75, 3.05) is 0 Å². The van der Waals surface area contributed by atoms with E-state index in [2.05, 4.69) is 0 Å². The predicted octanol–water partition coefficient (Wildman–Crippen LogP) is 3.53. The van der Waals surface area contributed by atoms with Crippen LogP contribution in [0.25, 0.3) is 0 Å². The molecule has 0 aliphatic rings. The summed E-state index contributed by atoms with van der Waals surface area (Å²) < 4.78 is 76.7. The first kappa shape index (κ1) is 16.3. The molecule has 0 aromatic heterocycles. The zero-order valence-electron chi connectivity index (χ0n) is 9.89. The Labute approximate surface area is 114 Å². The van der Waals surface area contributed by atoms with Gasteiger partial charge in [-0.05, 0) is 11.6 Å². The molecule has 0 saturated carbocycles. The van der Waals surface area contributed by atoms with Crippen LogP contribution in [-0.4, -0.2) is 0 Å². The molecule has 0 N–H and O–H groups in total. The molecule has 108 valence electrons. The number of hydrogen-bond acceptors (Lipinski definition) is 3. The van der Waals surface area contributed by atoms with E-state index < -0.39 is 46.6 Å². The summed E-state index contributed by atoms with van der Waals surface area (Å²) in [7, 11) is 0. The number of benzene rings is 1. The van der Waals surface area contributed by atoms with Gasteiger partial charge >= 0.3 is 12.4 Å². The molecule has 1 aromatic rings. The first-order chi connectivity index (χ1) is 9.57. The topological polar surface area (TPSA) is 71.4 Å². The van der Waals surface area contributed by atoms with Gasteiger partial charge in [0.2, 0.25) is 0 Å². The van der Waals surface area contributed by atoms with Crippen molar-refractivity contribution >= 4 is 0 Å². The summed E-state index contributed by atoms with van der Waals surface area (Å²) in [6.07, 6.45) is -11.4. The second kappa shape index (κ2) is 5.34. The van der Waals surface area contributed by atoms with Crippen LogP contribution in [-0.2, 0) is 18.8 Å². The Hall–Kier alpha value is -2.73. The lowest BCUT2D eigenvalue weighted by atomic mass is 9.90. The van der Waals surface area contributed by atoms with Crippen LogP contribution in [0.1, 0.15) is 27.8 Å². The summed E-state index contributed by atoms with van der Waals surface area (Å²) >= 11 is 0. The number of hydrogen-bond donors (Lipinski definition) is 0. The van der Waals surface area contributed by atoms with Crippen molar-refractivity contribution in [3.8, 4) is 18.2 Å². The monoisotopic (exact) mass is 303 g/mol. The maximum atomic E-state index is 12.8. The fourth-order valence-corrected chi connectivity index (χ4v) is 1.70. The van der Waals surface area contributed by atoms with Crippen LogP contribution in [0, 0.1) is 34.0 Å². The number of alkyl halides is 6. The minimum Gasteiger partial charge on any atom is -0.198 e. The van der Waals surface area contributed by atoms with E-state index in [4.69, 9.17) is 15.8 Å². The lowest BCUT2D eigenvalue weighted by Gasteiger charge is -2.17. The lowest BCUT2D eigenvalue weighted by molar-refractivity contribution is -0.143. The molecule has 1 rings (SSSR count). The molecule has 1 aromatic carbocycles. The summed E-state index contributed by atoms with van der Waals surface area (Å²) in [5.74, 6) is 0. The van der Waals surface area contributed by atoms with Gasteiger partial charge in [0.15, 0.2) is 0 Å². The fourth-order valence-electron chi connectivity index (χ4n) is 1.70. The summed E-state index contributed by atoms with van der Waals surface area (Å²) in [5.41, 5.74) is -6.83. The Kier molecular flexibility index (Phi) is 4.15. The van der Waals surface area contributed by atoms with Gasteiger partial charge in [0.25, 0.3) is 0 Å². The highest BCUT2D eigenvalue weighted by atomic mass is 19.4. The van der Waals surface area contributed by atoms with Crippen LogP contribution in [0.15, 0.2) is 6.07 Å². The Bertz CT molecular complexity index is 695. The van der Waals surface area contributed by atoms with Crippen LogP contribution in [0.2, 0.25) is 0 Å². The average molecular weight is 303 g/mol. The van der Waals surface area contributed by atoms with E-state index in [0.717, 1.165) is 12.1 Å². The largest absolute Gasteiger partial charge is 0.417 e. The third-order valence-corrected chi connectivity index (χ3v) is 2.53. The zero-order chi connectivity index (χ0) is 16.4. The summed E-state index contributed by atoms with van der Waals surface area (Å²) in [4.78, 5) is 0. The van der Waals surface area contributed by atoms with E-state index in [9.17, 15) is 26.3 Å². The van der Waals surface area contributed by atoms with Crippen molar-refractivity contribution in [2.45, 2.75) is 18.8 Å². The van der Waals surface area contributed by atoms with E-state index in [1.165, 1.54) is 6.07 Å². The molecule has 0 saturated heterocycles. The van der Waals surface area contributed by atoms with Crippen molar-refractivity contribution in [3.05, 3.63) is 33.9 Å². The van der Waals surface area contributed by atoms with Gasteiger partial charge in [0.05, 0.1) is 34.7 Å². The first-order valence-electron chi connectivity index (χ1n) is 5.09. The minimum atomic E-state index is -5.23. The molecule has 0 atom stereocenters. The maximum Gasteiger partial charge on any atom is 0.417 e.